The molecule has 1 rings (SSSR count). The number of hydrogen-bond acceptors (Lipinski definition) is 3. The van der Waals surface area contributed by atoms with Gasteiger partial charge in [0, 0.05) is 20.6 Å². The molecule has 0 aromatic heterocycles. The van der Waals surface area contributed by atoms with Crippen molar-refractivity contribution in [1.29, 1.82) is 0 Å². The number of nitrogens with zero attached hydrogens (tertiary/aromatic N) is 2. The quantitative estimate of drug-likeness (QED) is 0.604. The molecular weight excluding hydrogens is 196 g/mol. The molecule has 5 nitrogen and oxygen atoms in total. The number of urea groups is 1. The monoisotopic (exact) mass is 214 g/mol. The summed E-state index contributed by atoms with van der Waals surface area (Å²) < 4.78 is 4.70. The smallest absolute Gasteiger partial charge is 0.328 e. The maximum atomic E-state index is 11.8. The highest BCUT2D eigenvalue weighted by Crippen LogP contribution is 2.19. The molecule has 1 aliphatic rings. The number of amides is 2. The molecule has 1 aliphatic heterocycles. The third-order valence-corrected chi connectivity index (χ3v) is 2.60. The van der Waals surface area contributed by atoms with Crippen LogP contribution in [0.25, 0.3) is 0 Å². The molecular formula is C10H18N2O3. The van der Waals surface area contributed by atoms with Crippen LogP contribution in [0.5, 0.6) is 0 Å². The van der Waals surface area contributed by atoms with Crippen molar-refractivity contribution >= 4 is 12.0 Å². The first-order valence-electron chi connectivity index (χ1n) is 5.13. The first-order chi connectivity index (χ1) is 7.07. The number of hydrogen-bond donors (Lipinski definition) is 0. The zero-order valence-corrected chi connectivity index (χ0v) is 9.52. The summed E-state index contributed by atoms with van der Waals surface area (Å²) in [5, 5.41) is 0. The summed E-state index contributed by atoms with van der Waals surface area (Å²) in [6, 6.07) is -0.524. The van der Waals surface area contributed by atoms with Crippen LogP contribution in [-0.2, 0) is 9.53 Å². The Bertz CT molecular complexity index is 253. The Hall–Kier alpha value is -1.26. The second-order valence-corrected chi connectivity index (χ2v) is 3.91. The van der Waals surface area contributed by atoms with Gasteiger partial charge in [-0.25, -0.2) is 9.59 Å². The van der Waals surface area contributed by atoms with E-state index in [0.717, 1.165) is 12.8 Å². The lowest BCUT2D eigenvalue weighted by Gasteiger charge is -2.35. The van der Waals surface area contributed by atoms with Gasteiger partial charge in [-0.05, 0) is 19.3 Å². The maximum absolute atomic E-state index is 11.8. The lowest BCUT2D eigenvalue weighted by Crippen LogP contribution is -2.51. The van der Waals surface area contributed by atoms with Crippen molar-refractivity contribution in [3.63, 3.8) is 0 Å². The molecule has 0 unspecified atom stereocenters. The zero-order chi connectivity index (χ0) is 11.4. The minimum absolute atomic E-state index is 0.120. The van der Waals surface area contributed by atoms with Gasteiger partial charge in [0.05, 0.1) is 7.11 Å². The Balaban J connectivity index is 2.73. The van der Waals surface area contributed by atoms with Gasteiger partial charge in [0.1, 0.15) is 6.04 Å². The van der Waals surface area contributed by atoms with Crippen LogP contribution in [0.15, 0.2) is 0 Å². The number of ether oxygens (including phenoxy) is 1. The summed E-state index contributed by atoms with van der Waals surface area (Å²) in [6.45, 7) is 0.636. The molecule has 1 heterocycles. The average molecular weight is 214 g/mol. The molecule has 0 N–H and O–H groups in total. The predicted octanol–water partition coefficient (Wildman–Crippen LogP) is 0.696. The maximum Gasteiger partial charge on any atom is 0.328 e. The van der Waals surface area contributed by atoms with Crippen molar-refractivity contribution in [1.82, 2.24) is 9.80 Å². The van der Waals surface area contributed by atoms with E-state index in [1.165, 1.54) is 12.0 Å². The van der Waals surface area contributed by atoms with Gasteiger partial charge in [-0.3, -0.25) is 0 Å². The summed E-state index contributed by atoms with van der Waals surface area (Å²) in [6.07, 6.45) is 2.62. The lowest BCUT2D eigenvalue weighted by molar-refractivity contribution is -0.147. The number of methoxy groups -OCH3 is 1. The van der Waals surface area contributed by atoms with Crippen molar-refractivity contribution in [3.8, 4) is 0 Å². The number of carbonyl (C=O) groups excluding carboxylic acids is 2. The van der Waals surface area contributed by atoms with Gasteiger partial charge >= 0.3 is 12.0 Å². The van der Waals surface area contributed by atoms with Crippen LogP contribution in [0, 0.1) is 0 Å². The van der Waals surface area contributed by atoms with Crippen LogP contribution in [0.4, 0.5) is 4.79 Å². The minimum atomic E-state index is -0.404. The Labute approximate surface area is 90.0 Å². The van der Waals surface area contributed by atoms with E-state index in [2.05, 4.69) is 0 Å². The highest BCUT2D eigenvalue weighted by Gasteiger charge is 2.33. The molecule has 0 radical (unpaired) electrons. The number of esters is 1. The van der Waals surface area contributed by atoms with Gasteiger partial charge in [-0.2, -0.15) is 0 Å². The van der Waals surface area contributed by atoms with Crippen molar-refractivity contribution in [3.05, 3.63) is 0 Å². The first-order valence-corrected chi connectivity index (χ1v) is 5.13. The second kappa shape index (κ2) is 5.00. The van der Waals surface area contributed by atoms with Crippen molar-refractivity contribution in [2.24, 2.45) is 0 Å². The number of rotatable bonds is 1. The summed E-state index contributed by atoms with van der Waals surface area (Å²) in [5.41, 5.74) is 0. The molecule has 1 fully saturated rings. The van der Waals surface area contributed by atoms with Gasteiger partial charge in [0.2, 0.25) is 0 Å². The third-order valence-electron chi connectivity index (χ3n) is 2.60. The molecule has 0 aliphatic carbocycles. The number of piperidine rings is 1. The molecule has 2 amide bonds. The Kier molecular flexibility index (Phi) is 3.94. The van der Waals surface area contributed by atoms with E-state index in [1.807, 2.05) is 0 Å². The van der Waals surface area contributed by atoms with E-state index in [4.69, 9.17) is 4.74 Å². The number of likely N-dealkylation sites (tertiary alicyclic amines) is 1. The van der Waals surface area contributed by atoms with Crippen LogP contribution in [-0.4, -0.2) is 55.6 Å². The summed E-state index contributed by atoms with van der Waals surface area (Å²) in [4.78, 5) is 26.3. The molecule has 0 saturated carbocycles. The van der Waals surface area contributed by atoms with Crippen LogP contribution >= 0.6 is 0 Å². The van der Waals surface area contributed by atoms with Crippen LogP contribution < -0.4 is 0 Å². The van der Waals surface area contributed by atoms with Gasteiger partial charge in [0.25, 0.3) is 0 Å². The first kappa shape index (κ1) is 11.8. The van der Waals surface area contributed by atoms with Gasteiger partial charge in [-0.15, -0.1) is 0 Å². The molecule has 1 atom stereocenters. The zero-order valence-electron chi connectivity index (χ0n) is 9.52. The molecule has 5 heteroatoms. The average Bonchev–Trinajstić information content (AvgIpc) is 2.27. The Morgan fingerprint density at radius 2 is 2.00 bits per heavy atom. The molecule has 86 valence electrons. The van der Waals surface area contributed by atoms with E-state index in [-0.39, 0.29) is 12.0 Å². The number of carbonyl (C=O) groups is 2. The molecule has 0 aromatic carbocycles. The minimum Gasteiger partial charge on any atom is -0.467 e. The van der Waals surface area contributed by atoms with E-state index in [9.17, 15) is 9.59 Å². The van der Waals surface area contributed by atoms with Gasteiger partial charge in [0.15, 0.2) is 0 Å². The predicted molar refractivity (Wildman–Crippen MR) is 55.4 cm³/mol. The molecule has 0 spiro atoms. The van der Waals surface area contributed by atoms with Crippen LogP contribution in [0.1, 0.15) is 19.3 Å². The van der Waals surface area contributed by atoms with Crippen LogP contribution in [0.2, 0.25) is 0 Å². The SMILES string of the molecule is COC(=O)[C@H]1CCCCN1C(=O)N(C)C. The summed E-state index contributed by atoms with van der Waals surface area (Å²) in [7, 11) is 4.73. The van der Waals surface area contributed by atoms with Crippen LogP contribution in [0.3, 0.4) is 0 Å². The summed E-state index contributed by atoms with van der Waals surface area (Å²) in [5.74, 6) is -0.315. The van der Waals surface area contributed by atoms with E-state index < -0.39 is 6.04 Å². The second-order valence-electron chi connectivity index (χ2n) is 3.91. The standard InChI is InChI=1S/C10H18N2O3/c1-11(2)10(14)12-7-5-4-6-8(12)9(13)15-3/h8H,4-7H2,1-3H3/t8-/m1/s1. The molecule has 15 heavy (non-hydrogen) atoms. The fourth-order valence-corrected chi connectivity index (χ4v) is 1.80. The van der Waals surface area contributed by atoms with E-state index in [1.54, 1.807) is 19.0 Å². The molecule has 1 saturated heterocycles. The largest absolute Gasteiger partial charge is 0.467 e. The fourth-order valence-electron chi connectivity index (χ4n) is 1.80. The van der Waals surface area contributed by atoms with Crippen molar-refractivity contribution < 1.29 is 14.3 Å². The molecule has 0 aromatic rings. The van der Waals surface area contributed by atoms with Gasteiger partial charge in [-0.1, -0.05) is 0 Å². The van der Waals surface area contributed by atoms with E-state index >= 15 is 0 Å². The highest BCUT2D eigenvalue weighted by atomic mass is 16.5. The summed E-state index contributed by atoms with van der Waals surface area (Å²) >= 11 is 0. The topological polar surface area (TPSA) is 49.9 Å². The van der Waals surface area contributed by atoms with Crippen molar-refractivity contribution in [2.75, 3.05) is 27.7 Å². The van der Waals surface area contributed by atoms with Gasteiger partial charge < -0.3 is 14.5 Å². The Morgan fingerprint density at radius 3 is 2.53 bits per heavy atom. The fraction of sp³-hybridized carbons (Fsp3) is 0.800. The van der Waals surface area contributed by atoms with E-state index in [0.29, 0.717) is 13.0 Å². The normalized spacial score (nSPS) is 21.0. The van der Waals surface area contributed by atoms with Crippen molar-refractivity contribution in [2.45, 2.75) is 25.3 Å². The molecule has 0 bridgehead atoms. The highest BCUT2D eigenvalue weighted by molar-refractivity contribution is 5.83. The third kappa shape index (κ3) is 2.61. The Morgan fingerprint density at radius 1 is 1.33 bits per heavy atom. The lowest BCUT2D eigenvalue weighted by atomic mass is 10.0.